The molecule has 0 bridgehead atoms. The van der Waals surface area contributed by atoms with Gasteiger partial charge in [-0.3, -0.25) is 9.59 Å². The molecule has 2 rings (SSSR count). The summed E-state index contributed by atoms with van der Waals surface area (Å²) < 4.78 is 0. The fraction of sp³-hybridized carbons (Fsp3) is 0.333. The third-order valence-corrected chi connectivity index (χ3v) is 2.67. The lowest BCUT2D eigenvalue weighted by Gasteiger charge is -2.27. The van der Waals surface area contributed by atoms with E-state index in [9.17, 15) is 9.59 Å². The van der Waals surface area contributed by atoms with Gasteiger partial charge < -0.3 is 10.6 Å². The molecule has 0 saturated carbocycles. The van der Waals surface area contributed by atoms with Crippen LogP contribution in [0.4, 0.5) is 0 Å². The van der Waals surface area contributed by atoms with Crippen LogP contribution in [0.5, 0.6) is 0 Å². The molecule has 0 unspecified atom stereocenters. The van der Waals surface area contributed by atoms with Crippen molar-refractivity contribution in [3.63, 3.8) is 0 Å². The Hall–Kier alpha value is -1.84. The summed E-state index contributed by atoms with van der Waals surface area (Å²) in [7, 11) is 0. The van der Waals surface area contributed by atoms with Gasteiger partial charge in [0.15, 0.2) is 0 Å². The molecule has 1 fully saturated rings. The van der Waals surface area contributed by atoms with E-state index in [1.165, 1.54) is 0 Å². The Morgan fingerprint density at radius 3 is 2.44 bits per heavy atom. The van der Waals surface area contributed by atoms with E-state index in [2.05, 4.69) is 10.6 Å². The average molecular weight is 218 g/mol. The van der Waals surface area contributed by atoms with Crippen molar-refractivity contribution in [2.24, 2.45) is 0 Å². The highest BCUT2D eigenvalue weighted by molar-refractivity contribution is 5.96. The smallest absolute Gasteiger partial charge is 0.243 e. The lowest BCUT2D eigenvalue weighted by atomic mass is 10.0. The summed E-state index contributed by atoms with van der Waals surface area (Å²) in [5.41, 5.74) is 1.04. The summed E-state index contributed by atoms with van der Waals surface area (Å²) in [5, 5.41) is 5.36. The molecule has 1 heterocycles. The van der Waals surface area contributed by atoms with Crippen molar-refractivity contribution < 1.29 is 9.59 Å². The van der Waals surface area contributed by atoms with E-state index in [-0.39, 0.29) is 11.8 Å². The SMILES string of the molecule is C[C@H]1NC(=O)[C@@H](Cc2ccccc2)NC1=O. The molecule has 0 spiro atoms. The second-order valence-electron chi connectivity index (χ2n) is 3.98. The van der Waals surface area contributed by atoms with Gasteiger partial charge in [0.05, 0.1) is 0 Å². The number of piperazine rings is 1. The predicted molar refractivity (Wildman–Crippen MR) is 59.7 cm³/mol. The van der Waals surface area contributed by atoms with Crippen LogP contribution in [-0.4, -0.2) is 23.9 Å². The maximum Gasteiger partial charge on any atom is 0.243 e. The van der Waals surface area contributed by atoms with Crippen molar-refractivity contribution in [3.8, 4) is 0 Å². The molecule has 1 aliphatic rings. The largest absolute Gasteiger partial charge is 0.343 e. The molecular weight excluding hydrogens is 204 g/mol. The van der Waals surface area contributed by atoms with Gasteiger partial charge in [0.1, 0.15) is 12.1 Å². The average Bonchev–Trinajstić information content (AvgIpc) is 2.27. The highest BCUT2D eigenvalue weighted by atomic mass is 16.2. The van der Waals surface area contributed by atoms with Crippen LogP contribution in [0, 0.1) is 0 Å². The zero-order valence-electron chi connectivity index (χ0n) is 9.07. The Morgan fingerprint density at radius 1 is 1.06 bits per heavy atom. The van der Waals surface area contributed by atoms with Crippen molar-refractivity contribution in [3.05, 3.63) is 35.9 Å². The quantitative estimate of drug-likeness (QED) is 0.746. The molecule has 1 aromatic rings. The van der Waals surface area contributed by atoms with Crippen LogP contribution in [0.2, 0.25) is 0 Å². The van der Waals surface area contributed by atoms with Crippen molar-refractivity contribution in [2.75, 3.05) is 0 Å². The summed E-state index contributed by atoms with van der Waals surface area (Å²) in [4.78, 5) is 23.0. The van der Waals surface area contributed by atoms with Gasteiger partial charge in [-0.25, -0.2) is 0 Å². The molecule has 84 valence electrons. The first kappa shape index (κ1) is 10.7. The molecule has 0 radical (unpaired) electrons. The summed E-state index contributed by atoms with van der Waals surface area (Å²) in [6.07, 6.45) is 0.533. The van der Waals surface area contributed by atoms with Crippen LogP contribution < -0.4 is 10.6 Å². The number of hydrogen-bond donors (Lipinski definition) is 2. The van der Waals surface area contributed by atoms with Crippen LogP contribution in [0.15, 0.2) is 30.3 Å². The molecule has 1 aromatic carbocycles. The summed E-state index contributed by atoms with van der Waals surface area (Å²) in [6, 6.07) is 8.76. The number of benzene rings is 1. The van der Waals surface area contributed by atoms with E-state index in [4.69, 9.17) is 0 Å². The minimum atomic E-state index is -0.453. The van der Waals surface area contributed by atoms with Gasteiger partial charge in [-0.05, 0) is 12.5 Å². The Balaban J connectivity index is 2.05. The molecule has 0 aromatic heterocycles. The van der Waals surface area contributed by atoms with E-state index in [1.807, 2.05) is 30.3 Å². The molecule has 0 aliphatic carbocycles. The normalized spacial score (nSPS) is 24.8. The molecule has 1 saturated heterocycles. The van der Waals surface area contributed by atoms with Crippen LogP contribution in [0.25, 0.3) is 0 Å². The third-order valence-electron chi connectivity index (χ3n) is 2.67. The van der Waals surface area contributed by atoms with E-state index < -0.39 is 12.1 Å². The number of amides is 2. The van der Waals surface area contributed by atoms with Crippen LogP contribution >= 0.6 is 0 Å². The van der Waals surface area contributed by atoms with Gasteiger partial charge in [-0.15, -0.1) is 0 Å². The third kappa shape index (κ3) is 2.21. The highest BCUT2D eigenvalue weighted by Gasteiger charge is 2.30. The van der Waals surface area contributed by atoms with Gasteiger partial charge in [0, 0.05) is 6.42 Å². The van der Waals surface area contributed by atoms with Crippen LogP contribution in [-0.2, 0) is 16.0 Å². The van der Waals surface area contributed by atoms with Gasteiger partial charge >= 0.3 is 0 Å². The maximum atomic E-state index is 11.6. The van der Waals surface area contributed by atoms with Crippen LogP contribution in [0.1, 0.15) is 12.5 Å². The summed E-state index contributed by atoms with van der Waals surface area (Å²) >= 11 is 0. The van der Waals surface area contributed by atoms with Crippen molar-refractivity contribution in [2.45, 2.75) is 25.4 Å². The number of carbonyl (C=O) groups excluding carboxylic acids is 2. The highest BCUT2D eigenvalue weighted by Crippen LogP contribution is 2.06. The number of hydrogen-bond acceptors (Lipinski definition) is 2. The zero-order valence-corrected chi connectivity index (χ0v) is 9.07. The summed E-state index contributed by atoms with van der Waals surface area (Å²) in [5.74, 6) is -0.239. The molecule has 4 heteroatoms. The lowest BCUT2D eigenvalue weighted by Crippen LogP contribution is -2.61. The first-order valence-electron chi connectivity index (χ1n) is 5.31. The monoisotopic (exact) mass is 218 g/mol. The standard InChI is InChI=1S/C12H14N2O2/c1-8-11(15)14-10(12(16)13-8)7-9-5-3-2-4-6-9/h2-6,8,10H,7H2,1H3,(H,13,16)(H,14,15)/t8-,10-/m1/s1. The Bertz CT molecular complexity index is 403. The Morgan fingerprint density at radius 2 is 1.75 bits per heavy atom. The Labute approximate surface area is 94.0 Å². The fourth-order valence-corrected chi connectivity index (χ4v) is 1.74. The van der Waals surface area contributed by atoms with Crippen molar-refractivity contribution >= 4 is 11.8 Å². The topological polar surface area (TPSA) is 58.2 Å². The second-order valence-corrected chi connectivity index (χ2v) is 3.98. The molecule has 2 amide bonds. The first-order valence-corrected chi connectivity index (χ1v) is 5.31. The lowest BCUT2D eigenvalue weighted by molar-refractivity contribution is -0.136. The van der Waals surface area contributed by atoms with Gasteiger partial charge in [0.2, 0.25) is 11.8 Å². The van der Waals surface area contributed by atoms with E-state index in [0.29, 0.717) is 6.42 Å². The minimum absolute atomic E-state index is 0.115. The number of rotatable bonds is 2. The summed E-state index contributed by atoms with van der Waals surface area (Å²) in [6.45, 7) is 1.67. The van der Waals surface area contributed by atoms with Gasteiger partial charge in [-0.2, -0.15) is 0 Å². The van der Waals surface area contributed by atoms with E-state index >= 15 is 0 Å². The van der Waals surface area contributed by atoms with Gasteiger partial charge in [-0.1, -0.05) is 30.3 Å². The first-order chi connectivity index (χ1) is 7.66. The minimum Gasteiger partial charge on any atom is -0.343 e. The molecule has 2 atom stereocenters. The maximum absolute atomic E-state index is 11.6. The van der Waals surface area contributed by atoms with E-state index in [1.54, 1.807) is 6.92 Å². The van der Waals surface area contributed by atoms with Crippen molar-refractivity contribution in [1.82, 2.24) is 10.6 Å². The van der Waals surface area contributed by atoms with E-state index in [0.717, 1.165) is 5.56 Å². The molecule has 16 heavy (non-hydrogen) atoms. The fourth-order valence-electron chi connectivity index (χ4n) is 1.74. The number of carbonyl (C=O) groups is 2. The predicted octanol–water partition coefficient (Wildman–Crippen LogP) is 0.232. The van der Waals surface area contributed by atoms with Crippen molar-refractivity contribution in [1.29, 1.82) is 0 Å². The van der Waals surface area contributed by atoms with Gasteiger partial charge in [0.25, 0.3) is 0 Å². The Kier molecular flexibility index (Phi) is 2.90. The van der Waals surface area contributed by atoms with Crippen LogP contribution in [0.3, 0.4) is 0 Å². The zero-order chi connectivity index (χ0) is 11.5. The molecule has 1 aliphatic heterocycles. The second kappa shape index (κ2) is 4.35. The molecule has 2 N–H and O–H groups in total. The molecular formula is C12H14N2O2. The number of nitrogens with one attached hydrogen (secondary N) is 2. The molecule has 4 nitrogen and oxygen atoms in total.